The highest BCUT2D eigenvalue weighted by Crippen LogP contribution is 2.24. The fourth-order valence-corrected chi connectivity index (χ4v) is 2.69. The average Bonchev–Trinajstić information content (AvgIpc) is 2.92. The summed E-state index contributed by atoms with van der Waals surface area (Å²) in [5.41, 5.74) is 2.16. The normalized spacial score (nSPS) is 11.4. The molecule has 0 aliphatic rings. The van der Waals surface area contributed by atoms with Gasteiger partial charge in [-0.15, -0.1) is 0 Å². The molecule has 0 radical (unpaired) electrons. The van der Waals surface area contributed by atoms with Crippen LogP contribution in [-0.4, -0.2) is 19.8 Å². The predicted molar refractivity (Wildman–Crippen MR) is 86.6 cm³/mol. The first-order chi connectivity index (χ1) is 10.6. The fourth-order valence-electron chi connectivity index (χ4n) is 2.40. The highest BCUT2D eigenvalue weighted by atomic mass is 35.5. The first-order valence-corrected chi connectivity index (χ1v) is 7.21. The Bertz CT molecular complexity index is 1070. The number of fused-ring (bicyclic) bond motifs is 3. The van der Waals surface area contributed by atoms with Gasteiger partial charge in [0.25, 0.3) is 5.56 Å². The van der Waals surface area contributed by atoms with Gasteiger partial charge >= 0.3 is 0 Å². The van der Waals surface area contributed by atoms with Crippen LogP contribution in [0.3, 0.4) is 0 Å². The van der Waals surface area contributed by atoms with Crippen LogP contribution in [0.1, 0.15) is 0 Å². The lowest BCUT2D eigenvalue weighted by molar-refractivity contribution is 0.874. The molecule has 1 N–H and O–H groups in total. The molecular weight excluding hydrogens is 323 g/mol. The van der Waals surface area contributed by atoms with E-state index in [9.17, 15) is 4.79 Å². The molecule has 0 spiro atoms. The van der Waals surface area contributed by atoms with Gasteiger partial charge in [0.15, 0.2) is 5.65 Å². The van der Waals surface area contributed by atoms with Crippen molar-refractivity contribution in [2.24, 2.45) is 0 Å². The summed E-state index contributed by atoms with van der Waals surface area (Å²) in [6.07, 6.45) is 0. The summed E-state index contributed by atoms with van der Waals surface area (Å²) in [6, 6.07) is 12.2. The van der Waals surface area contributed by atoms with Gasteiger partial charge < -0.3 is 0 Å². The Balaban J connectivity index is 2.09. The van der Waals surface area contributed by atoms with E-state index < -0.39 is 0 Å². The number of aromatic amines is 1. The molecule has 2 heterocycles. The van der Waals surface area contributed by atoms with Crippen LogP contribution < -0.4 is 5.56 Å². The van der Waals surface area contributed by atoms with Gasteiger partial charge in [-0.25, -0.2) is 9.73 Å². The van der Waals surface area contributed by atoms with Crippen molar-refractivity contribution in [1.29, 1.82) is 0 Å². The zero-order valence-corrected chi connectivity index (χ0v) is 12.6. The molecule has 5 nitrogen and oxygen atoms in total. The topological polar surface area (TPSA) is 63.0 Å². The maximum atomic E-state index is 12.2. The van der Waals surface area contributed by atoms with Crippen LogP contribution in [0.4, 0.5) is 0 Å². The molecule has 0 bridgehead atoms. The summed E-state index contributed by atoms with van der Waals surface area (Å²) >= 11 is 11.9. The van der Waals surface area contributed by atoms with E-state index in [4.69, 9.17) is 23.2 Å². The van der Waals surface area contributed by atoms with Crippen LogP contribution in [-0.2, 0) is 0 Å². The van der Waals surface area contributed by atoms with Crippen LogP contribution in [0.25, 0.3) is 27.8 Å². The third-order valence-corrected chi connectivity index (χ3v) is 3.93. The first-order valence-electron chi connectivity index (χ1n) is 6.46. The van der Waals surface area contributed by atoms with Crippen LogP contribution >= 0.6 is 23.2 Å². The van der Waals surface area contributed by atoms with E-state index in [1.165, 1.54) is 0 Å². The number of H-pyrrole nitrogens is 1. The molecule has 0 aliphatic heterocycles. The number of nitrogens with one attached hydrogen (secondary N) is 1. The summed E-state index contributed by atoms with van der Waals surface area (Å²) in [5, 5.41) is 8.79. The Labute approximate surface area is 134 Å². The molecule has 0 unspecified atom stereocenters. The Kier molecular flexibility index (Phi) is 2.92. The molecule has 4 aromatic rings. The van der Waals surface area contributed by atoms with E-state index in [2.05, 4.69) is 15.3 Å². The van der Waals surface area contributed by atoms with Gasteiger partial charge in [-0.3, -0.25) is 4.79 Å². The highest BCUT2D eigenvalue weighted by Gasteiger charge is 2.13. The van der Waals surface area contributed by atoms with Crippen molar-refractivity contribution in [2.45, 2.75) is 0 Å². The summed E-state index contributed by atoms with van der Waals surface area (Å²) < 4.78 is 1.65. The lowest BCUT2D eigenvalue weighted by atomic mass is 10.1. The maximum absolute atomic E-state index is 12.2. The van der Waals surface area contributed by atoms with E-state index in [0.29, 0.717) is 32.3 Å². The summed E-state index contributed by atoms with van der Waals surface area (Å²) in [6.45, 7) is 0. The molecule has 0 atom stereocenters. The van der Waals surface area contributed by atoms with Gasteiger partial charge in [0, 0.05) is 15.6 Å². The fraction of sp³-hybridized carbons (Fsp3) is 0. The van der Waals surface area contributed by atoms with E-state index >= 15 is 0 Å². The number of halogens is 2. The minimum atomic E-state index is -0.316. The van der Waals surface area contributed by atoms with Crippen molar-refractivity contribution in [3.8, 4) is 11.3 Å². The second kappa shape index (κ2) is 4.83. The van der Waals surface area contributed by atoms with E-state index in [1.807, 2.05) is 12.1 Å². The van der Waals surface area contributed by atoms with Crippen molar-refractivity contribution in [2.75, 3.05) is 0 Å². The summed E-state index contributed by atoms with van der Waals surface area (Å²) in [4.78, 5) is 16.3. The first kappa shape index (κ1) is 13.3. The lowest BCUT2D eigenvalue weighted by Gasteiger charge is -2.01. The molecule has 0 saturated carbocycles. The highest BCUT2D eigenvalue weighted by molar-refractivity contribution is 6.31. The SMILES string of the molecule is O=c1nc2c(-c3ccc(Cl)cc3)n[nH]n2c2cc(Cl)ccc12. The molecule has 4 rings (SSSR count). The van der Waals surface area contributed by atoms with Crippen molar-refractivity contribution >= 4 is 39.8 Å². The minimum Gasteiger partial charge on any atom is -0.267 e. The second-order valence-corrected chi connectivity index (χ2v) is 5.68. The molecule has 2 aromatic heterocycles. The standard InChI is InChI=1S/C15H8Cl2N4O/c16-9-3-1-8(2-4-9)13-14-18-15(22)11-6-5-10(17)7-12(11)21(14)20-19-13/h1-7,20H. The van der Waals surface area contributed by atoms with Crippen molar-refractivity contribution < 1.29 is 0 Å². The quantitative estimate of drug-likeness (QED) is 0.580. The van der Waals surface area contributed by atoms with Crippen LogP contribution in [0.15, 0.2) is 47.3 Å². The number of aromatic nitrogens is 4. The maximum Gasteiger partial charge on any atom is 0.281 e. The Hall–Kier alpha value is -2.37. The van der Waals surface area contributed by atoms with Gasteiger partial charge in [0.2, 0.25) is 0 Å². The third-order valence-electron chi connectivity index (χ3n) is 3.44. The lowest BCUT2D eigenvalue weighted by Crippen LogP contribution is -2.10. The van der Waals surface area contributed by atoms with E-state index in [-0.39, 0.29) is 5.56 Å². The smallest absolute Gasteiger partial charge is 0.267 e. The third kappa shape index (κ3) is 1.98. The summed E-state index contributed by atoms with van der Waals surface area (Å²) in [7, 11) is 0. The molecule has 22 heavy (non-hydrogen) atoms. The molecule has 2 aromatic carbocycles. The zero-order chi connectivity index (χ0) is 15.3. The number of hydrogen-bond acceptors (Lipinski definition) is 3. The second-order valence-electron chi connectivity index (χ2n) is 4.80. The number of rotatable bonds is 1. The molecule has 108 valence electrons. The van der Waals surface area contributed by atoms with E-state index in [1.54, 1.807) is 34.8 Å². The van der Waals surface area contributed by atoms with Crippen molar-refractivity contribution in [3.05, 3.63) is 62.9 Å². The van der Waals surface area contributed by atoms with Gasteiger partial charge in [0.05, 0.1) is 10.9 Å². The van der Waals surface area contributed by atoms with Crippen molar-refractivity contribution in [3.63, 3.8) is 0 Å². The van der Waals surface area contributed by atoms with Crippen LogP contribution in [0, 0.1) is 0 Å². The number of benzene rings is 2. The number of hydrogen-bond donors (Lipinski definition) is 1. The largest absolute Gasteiger partial charge is 0.281 e. The van der Waals surface area contributed by atoms with E-state index in [0.717, 1.165) is 5.56 Å². The van der Waals surface area contributed by atoms with Crippen molar-refractivity contribution in [1.82, 2.24) is 19.8 Å². The summed E-state index contributed by atoms with van der Waals surface area (Å²) in [5.74, 6) is 0. The Morgan fingerprint density at radius 2 is 1.73 bits per heavy atom. The molecule has 0 saturated heterocycles. The Morgan fingerprint density at radius 3 is 2.50 bits per heavy atom. The number of nitrogens with zero attached hydrogens (tertiary/aromatic N) is 3. The van der Waals surface area contributed by atoms with Gasteiger partial charge in [0.1, 0.15) is 5.69 Å². The molecule has 7 heteroatoms. The minimum absolute atomic E-state index is 0.316. The van der Waals surface area contributed by atoms with Gasteiger partial charge in [-0.2, -0.15) is 10.1 Å². The predicted octanol–water partition coefficient (Wildman–Crippen LogP) is 3.54. The average molecular weight is 331 g/mol. The zero-order valence-electron chi connectivity index (χ0n) is 11.0. The van der Waals surface area contributed by atoms with Gasteiger partial charge in [-0.1, -0.05) is 35.3 Å². The van der Waals surface area contributed by atoms with Gasteiger partial charge in [-0.05, 0) is 30.3 Å². The monoisotopic (exact) mass is 330 g/mol. The molecule has 0 amide bonds. The molecular formula is C15H8Cl2N4O. The van der Waals surface area contributed by atoms with Crippen LogP contribution in [0.2, 0.25) is 10.0 Å². The Morgan fingerprint density at radius 1 is 1.00 bits per heavy atom. The molecule has 0 aliphatic carbocycles. The van der Waals surface area contributed by atoms with Crippen LogP contribution in [0.5, 0.6) is 0 Å². The molecule has 0 fully saturated rings.